The lowest BCUT2D eigenvalue weighted by Gasteiger charge is -2.30. The number of aromatic nitrogens is 1. The molecule has 2 nitrogen and oxygen atoms in total. The zero-order valence-electron chi connectivity index (χ0n) is 23.8. The third-order valence-electron chi connectivity index (χ3n) is 9.67. The molecule has 2 aromatic heterocycles. The van der Waals surface area contributed by atoms with Crippen molar-refractivity contribution in [1.29, 1.82) is 0 Å². The highest BCUT2D eigenvalue weighted by atomic mass is 16.3. The van der Waals surface area contributed by atoms with Gasteiger partial charge in [0.1, 0.15) is 11.3 Å². The summed E-state index contributed by atoms with van der Waals surface area (Å²) in [5.41, 5.74) is 13.5. The Morgan fingerprint density at radius 3 is 1.93 bits per heavy atom. The third kappa shape index (κ3) is 2.97. The standard InChI is InChI=1S/C42H25NO/c1-2-12-26(13-3-1)40-29-15-5-4-14-27(29)25-37(43-40)28-22-23-32-36(24-28)42(39-33-18-8-11-21-38(33)44-41(32)39)34-19-9-6-16-30(34)31-17-7-10-20-35(31)42/h1-25H. The molecule has 2 aliphatic rings. The summed E-state index contributed by atoms with van der Waals surface area (Å²) < 4.78 is 6.72. The van der Waals surface area contributed by atoms with E-state index in [1.165, 1.54) is 44.2 Å². The van der Waals surface area contributed by atoms with E-state index in [0.29, 0.717) is 0 Å². The molecule has 2 heteroatoms. The monoisotopic (exact) mass is 559 g/mol. The SMILES string of the molecule is c1ccc(-c2nc(-c3ccc4c(c3)C3(c5ccccc5-c5ccccc53)c3c-4oc4ccccc34)cc3ccccc23)cc1. The lowest BCUT2D eigenvalue weighted by molar-refractivity contribution is 0.628. The number of hydrogen-bond acceptors (Lipinski definition) is 2. The van der Waals surface area contributed by atoms with Crippen molar-refractivity contribution >= 4 is 21.7 Å². The summed E-state index contributed by atoms with van der Waals surface area (Å²) in [5, 5.41) is 3.51. The minimum atomic E-state index is -0.487. The van der Waals surface area contributed by atoms with Crippen molar-refractivity contribution in [2.24, 2.45) is 0 Å². The smallest absolute Gasteiger partial charge is 0.140 e. The number of pyridine rings is 1. The average molecular weight is 560 g/mol. The number of benzene rings is 6. The number of fused-ring (bicyclic) bond motifs is 13. The van der Waals surface area contributed by atoms with Gasteiger partial charge in [0.2, 0.25) is 0 Å². The largest absolute Gasteiger partial charge is 0.456 e. The van der Waals surface area contributed by atoms with E-state index < -0.39 is 5.41 Å². The first kappa shape index (κ1) is 23.8. The van der Waals surface area contributed by atoms with Crippen LogP contribution in [0.5, 0.6) is 0 Å². The van der Waals surface area contributed by atoms with Crippen LogP contribution in [-0.2, 0) is 5.41 Å². The fourth-order valence-electron chi connectivity index (χ4n) is 7.91. The topological polar surface area (TPSA) is 26.0 Å². The molecule has 0 amide bonds. The van der Waals surface area contributed by atoms with Crippen LogP contribution in [0.25, 0.3) is 66.7 Å². The summed E-state index contributed by atoms with van der Waals surface area (Å²) in [7, 11) is 0. The maximum Gasteiger partial charge on any atom is 0.140 e. The van der Waals surface area contributed by atoms with Gasteiger partial charge in [0, 0.05) is 33.0 Å². The summed E-state index contributed by atoms with van der Waals surface area (Å²) in [6.45, 7) is 0. The van der Waals surface area contributed by atoms with Crippen molar-refractivity contribution in [1.82, 2.24) is 4.98 Å². The van der Waals surface area contributed by atoms with E-state index in [0.717, 1.165) is 44.8 Å². The Kier molecular flexibility index (Phi) is 4.68. The summed E-state index contributed by atoms with van der Waals surface area (Å²) >= 11 is 0. The van der Waals surface area contributed by atoms with Crippen molar-refractivity contribution in [3.63, 3.8) is 0 Å². The second-order valence-electron chi connectivity index (χ2n) is 11.8. The number of rotatable bonds is 2. The molecule has 1 spiro atoms. The zero-order chi connectivity index (χ0) is 28.8. The maximum atomic E-state index is 6.72. The Morgan fingerprint density at radius 2 is 1.14 bits per heavy atom. The molecule has 0 saturated heterocycles. The highest BCUT2D eigenvalue weighted by Crippen LogP contribution is 2.65. The van der Waals surface area contributed by atoms with E-state index in [9.17, 15) is 0 Å². The fourth-order valence-corrected chi connectivity index (χ4v) is 7.91. The molecule has 0 aliphatic heterocycles. The number of nitrogens with zero attached hydrogens (tertiary/aromatic N) is 1. The highest BCUT2D eigenvalue weighted by molar-refractivity contribution is 6.03. The van der Waals surface area contributed by atoms with Gasteiger partial charge >= 0.3 is 0 Å². The predicted octanol–water partition coefficient (Wildman–Crippen LogP) is 10.7. The second kappa shape index (κ2) is 8.65. The fraction of sp³-hybridized carbons (Fsp3) is 0.0238. The van der Waals surface area contributed by atoms with Gasteiger partial charge in [-0.15, -0.1) is 0 Å². The molecule has 0 atom stereocenters. The minimum absolute atomic E-state index is 0.487. The van der Waals surface area contributed by atoms with Gasteiger partial charge in [0.25, 0.3) is 0 Å². The first-order valence-electron chi connectivity index (χ1n) is 15.1. The zero-order valence-corrected chi connectivity index (χ0v) is 23.8. The van der Waals surface area contributed by atoms with Crippen LogP contribution >= 0.6 is 0 Å². The molecule has 0 bridgehead atoms. The van der Waals surface area contributed by atoms with Crippen LogP contribution in [0.3, 0.4) is 0 Å². The van der Waals surface area contributed by atoms with E-state index >= 15 is 0 Å². The Hall–Kier alpha value is -5.73. The summed E-state index contributed by atoms with van der Waals surface area (Å²) in [5.74, 6) is 0.968. The van der Waals surface area contributed by atoms with Gasteiger partial charge in [-0.2, -0.15) is 0 Å². The van der Waals surface area contributed by atoms with Gasteiger partial charge in [0.05, 0.1) is 16.8 Å². The molecule has 0 fully saturated rings. The van der Waals surface area contributed by atoms with E-state index in [-0.39, 0.29) is 0 Å². The lowest BCUT2D eigenvalue weighted by atomic mass is 9.70. The number of furan rings is 1. The van der Waals surface area contributed by atoms with Crippen LogP contribution < -0.4 is 0 Å². The lowest BCUT2D eigenvalue weighted by Crippen LogP contribution is -2.25. The minimum Gasteiger partial charge on any atom is -0.456 e. The summed E-state index contributed by atoms with van der Waals surface area (Å²) in [6, 6.07) is 54.4. The van der Waals surface area contributed by atoms with Crippen molar-refractivity contribution in [3.8, 4) is 45.0 Å². The van der Waals surface area contributed by atoms with Crippen molar-refractivity contribution < 1.29 is 4.42 Å². The van der Waals surface area contributed by atoms with Crippen LogP contribution in [0.4, 0.5) is 0 Å². The molecule has 2 heterocycles. The molecule has 0 unspecified atom stereocenters. The van der Waals surface area contributed by atoms with Crippen LogP contribution in [0, 0.1) is 0 Å². The molecule has 0 N–H and O–H groups in total. The van der Waals surface area contributed by atoms with E-state index in [4.69, 9.17) is 9.40 Å². The molecule has 0 radical (unpaired) electrons. The van der Waals surface area contributed by atoms with Gasteiger partial charge in [-0.25, -0.2) is 4.98 Å². The Morgan fingerprint density at radius 1 is 0.477 bits per heavy atom. The second-order valence-corrected chi connectivity index (χ2v) is 11.8. The Bertz CT molecular complexity index is 2400. The van der Waals surface area contributed by atoms with Gasteiger partial charge < -0.3 is 4.42 Å². The van der Waals surface area contributed by atoms with Gasteiger partial charge in [-0.3, -0.25) is 0 Å². The molecule has 204 valence electrons. The van der Waals surface area contributed by atoms with E-state index in [2.05, 4.69) is 152 Å². The first-order valence-corrected chi connectivity index (χ1v) is 15.1. The normalized spacial score (nSPS) is 13.6. The van der Waals surface area contributed by atoms with Crippen LogP contribution in [0.15, 0.2) is 156 Å². The molecular formula is C42H25NO. The summed E-state index contributed by atoms with van der Waals surface area (Å²) in [4.78, 5) is 5.33. The van der Waals surface area contributed by atoms with Gasteiger partial charge in [-0.05, 0) is 51.4 Å². The maximum absolute atomic E-state index is 6.72. The number of para-hydroxylation sites is 1. The van der Waals surface area contributed by atoms with Crippen molar-refractivity contribution in [3.05, 3.63) is 174 Å². The Labute approximate surface area is 254 Å². The van der Waals surface area contributed by atoms with Crippen LogP contribution in [-0.4, -0.2) is 4.98 Å². The molecular weight excluding hydrogens is 534 g/mol. The molecule has 8 aromatic rings. The molecule has 6 aromatic carbocycles. The van der Waals surface area contributed by atoms with Crippen molar-refractivity contribution in [2.45, 2.75) is 5.41 Å². The molecule has 10 rings (SSSR count). The molecule has 44 heavy (non-hydrogen) atoms. The highest BCUT2D eigenvalue weighted by Gasteiger charge is 2.54. The average Bonchev–Trinajstić information content (AvgIpc) is 3.71. The van der Waals surface area contributed by atoms with Crippen LogP contribution in [0.2, 0.25) is 0 Å². The Balaban J connectivity index is 1.30. The van der Waals surface area contributed by atoms with Crippen molar-refractivity contribution in [2.75, 3.05) is 0 Å². The third-order valence-corrected chi connectivity index (χ3v) is 9.67. The van der Waals surface area contributed by atoms with E-state index in [1.54, 1.807) is 0 Å². The first-order chi connectivity index (χ1) is 21.8. The number of hydrogen-bond donors (Lipinski definition) is 0. The van der Waals surface area contributed by atoms with Crippen LogP contribution in [0.1, 0.15) is 22.3 Å². The predicted molar refractivity (Wildman–Crippen MR) is 179 cm³/mol. The summed E-state index contributed by atoms with van der Waals surface area (Å²) in [6.07, 6.45) is 0. The van der Waals surface area contributed by atoms with Gasteiger partial charge in [-0.1, -0.05) is 133 Å². The molecule has 0 saturated carbocycles. The van der Waals surface area contributed by atoms with Gasteiger partial charge in [0.15, 0.2) is 0 Å². The van der Waals surface area contributed by atoms with E-state index in [1.807, 2.05) is 0 Å². The molecule has 2 aliphatic carbocycles. The quantitative estimate of drug-likeness (QED) is 0.211.